The summed E-state index contributed by atoms with van der Waals surface area (Å²) in [5.74, 6) is 0.564. The minimum atomic E-state index is -0.290. The van der Waals surface area contributed by atoms with E-state index in [0.29, 0.717) is 40.4 Å². The summed E-state index contributed by atoms with van der Waals surface area (Å²) in [6, 6.07) is 5.73. The van der Waals surface area contributed by atoms with Gasteiger partial charge in [0.25, 0.3) is 5.91 Å². The first kappa shape index (κ1) is 21.0. The second-order valence-corrected chi connectivity index (χ2v) is 8.56. The van der Waals surface area contributed by atoms with Crippen molar-refractivity contribution in [3.05, 3.63) is 30.0 Å². The van der Waals surface area contributed by atoms with Crippen LogP contribution in [0.25, 0.3) is 0 Å². The molecule has 4 rings (SSSR count). The third kappa shape index (κ3) is 4.46. The van der Waals surface area contributed by atoms with Gasteiger partial charge in [0.1, 0.15) is 11.4 Å². The maximum Gasteiger partial charge on any atom is 0.261 e. The number of rotatable bonds is 4. The van der Waals surface area contributed by atoms with Crippen LogP contribution < -0.4 is 20.9 Å². The predicted molar refractivity (Wildman–Crippen MR) is 122 cm³/mol. The summed E-state index contributed by atoms with van der Waals surface area (Å²) < 4.78 is 0. The molecule has 3 heterocycles. The summed E-state index contributed by atoms with van der Waals surface area (Å²) in [7, 11) is 4.14. The van der Waals surface area contributed by atoms with Gasteiger partial charge in [0, 0.05) is 30.9 Å². The molecule has 1 aromatic carbocycles. The largest absolute Gasteiger partial charge is 0.341 e. The minimum absolute atomic E-state index is 0.0800. The lowest BCUT2D eigenvalue weighted by atomic mass is 10.0. The van der Waals surface area contributed by atoms with E-state index in [9.17, 15) is 9.59 Å². The lowest BCUT2D eigenvalue weighted by Gasteiger charge is -2.35. The van der Waals surface area contributed by atoms with Gasteiger partial charge in [0.15, 0.2) is 0 Å². The van der Waals surface area contributed by atoms with Gasteiger partial charge in [-0.1, -0.05) is 13.8 Å². The number of aromatic nitrogens is 2. The van der Waals surface area contributed by atoms with E-state index in [0.717, 1.165) is 25.9 Å². The molecule has 1 aromatic heterocycles. The zero-order valence-electron chi connectivity index (χ0n) is 18.4. The van der Waals surface area contributed by atoms with Gasteiger partial charge in [-0.2, -0.15) is 4.98 Å². The van der Waals surface area contributed by atoms with Crippen LogP contribution >= 0.6 is 0 Å². The number of carbonyl (C=O) groups is 2. The minimum Gasteiger partial charge on any atom is -0.341 e. The molecule has 1 saturated heterocycles. The van der Waals surface area contributed by atoms with Crippen molar-refractivity contribution in [3.8, 4) is 0 Å². The van der Waals surface area contributed by atoms with E-state index in [4.69, 9.17) is 0 Å². The molecule has 2 aliphatic rings. The van der Waals surface area contributed by atoms with Gasteiger partial charge in [-0.3, -0.25) is 9.59 Å². The van der Waals surface area contributed by atoms with Gasteiger partial charge < -0.3 is 25.8 Å². The van der Waals surface area contributed by atoms with Crippen molar-refractivity contribution in [3.63, 3.8) is 0 Å². The van der Waals surface area contributed by atoms with Crippen LogP contribution in [0.2, 0.25) is 0 Å². The Hall–Kier alpha value is -3.20. The summed E-state index contributed by atoms with van der Waals surface area (Å²) in [5.41, 5.74) is 2.29. The molecule has 9 heteroatoms. The van der Waals surface area contributed by atoms with Crippen molar-refractivity contribution >= 4 is 40.6 Å². The molecule has 0 aliphatic carbocycles. The highest BCUT2D eigenvalue weighted by Crippen LogP contribution is 2.34. The maximum absolute atomic E-state index is 12.8. The number of fused-ring (bicyclic) bond motifs is 2. The fraction of sp³-hybridized carbons (Fsp3) is 0.455. The summed E-state index contributed by atoms with van der Waals surface area (Å²) in [4.78, 5) is 38.3. The Morgan fingerprint density at radius 2 is 1.97 bits per heavy atom. The number of hydrogen-bond acceptors (Lipinski definition) is 7. The first-order valence-electron chi connectivity index (χ1n) is 10.6. The van der Waals surface area contributed by atoms with Gasteiger partial charge in [-0.05, 0) is 51.2 Å². The Labute approximate surface area is 182 Å². The van der Waals surface area contributed by atoms with Gasteiger partial charge in [-0.25, -0.2) is 4.98 Å². The number of hydrogen-bond donors (Lipinski definition) is 3. The topological polar surface area (TPSA) is 102 Å². The highest BCUT2D eigenvalue weighted by atomic mass is 16.2. The lowest BCUT2D eigenvalue weighted by molar-refractivity contribution is -0.118. The summed E-state index contributed by atoms with van der Waals surface area (Å²) >= 11 is 0. The van der Waals surface area contributed by atoms with Gasteiger partial charge in [-0.15, -0.1) is 0 Å². The third-order valence-electron chi connectivity index (χ3n) is 5.88. The van der Waals surface area contributed by atoms with E-state index in [-0.39, 0.29) is 17.7 Å². The standard InChI is InChI=1S/C22H29N7O2/c1-13(2)20(30)24-14-5-6-17-18(11-14)26-21(31)16-12-23-22(27-19(16)25-17)29(4)15-7-9-28(3)10-8-15/h5-6,11-13,15H,7-10H2,1-4H3,(H,24,30)(H,26,31)(H,23,25,27). The first-order chi connectivity index (χ1) is 14.8. The molecule has 9 nitrogen and oxygen atoms in total. The van der Waals surface area contributed by atoms with Crippen LogP contribution in [-0.4, -0.2) is 59.9 Å². The molecule has 0 radical (unpaired) electrons. The zero-order chi connectivity index (χ0) is 22.1. The average Bonchev–Trinajstić information content (AvgIpc) is 2.88. The number of anilines is 5. The number of likely N-dealkylation sites (tertiary alicyclic amines) is 1. The molecule has 0 atom stereocenters. The normalized spacial score (nSPS) is 16.6. The van der Waals surface area contributed by atoms with Crippen LogP contribution in [0.4, 0.5) is 28.8 Å². The second kappa shape index (κ2) is 8.50. The van der Waals surface area contributed by atoms with Crippen molar-refractivity contribution in [2.45, 2.75) is 32.7 Å². The Bertz CT molecular complexity index is 999. The molecule has 0 bridgehead atoms. The lowest BCUT2D eigenvalue weighted by Crippen LogP contribution is -2.42. The molecular weight excluding hydrogens is 394 g/mol. The van der Waals surface area contributed by atoms with E-state index in [1.54, 1.807) is 18.3 Å². The van der Waals surface area contributed by atoms with Crippen LogP contribution in [0, 0.1) is 5.92 Å². The van der Waals surface area contributed by atoms with Gasteiger partial charge in [0.05, 0.1) is 11.4 Å². The van der Waals surface area contributed by atoms with E-state index < -0.39 is 0 Å². The highest BCUT2D eigenvalue weighted by molar-refractivity contribution is 6.11. The van der Waals surface area contributed by atoms with Crippen molar-refractivity contribution < 1.29 is 9.59 Å². The number of nitrogens with zero attached hydrogens (tertiary/aromatic N) is 4. The number of nitrogens with one attached hydrogen (secondary N) is 3. The van der Waals surface area contributed by atoms with Crippen LogP contribution in [0.1, 0.15) is 37.0 Å². The summed E-state index contributed by atoms with van der Waals surface area (Å²) in [6.07, 6.45) is 3.67. The van der Waals surface area contributed by atoms with E-state index in [1.807, 2.05) is 27.0 Å². The Balaban J connectivity index is 1.58. The monoisotopic (exact) mass is 423 g/mol. The quantitative estimate of drug-likeness (QED) is 0.695. The summed E-state index contributed by atoms with van der Waals surface area (Å²) in [6.45, 7) is 5.75. The van der Waals surface area contributed by atoms with Crippen LogP contribution in [-0.2, 0) is 4.79 Å². The Morgan fingerprint density at radius 1 is 1.23 bits per heavy atom. The molecule has 31 heavy (non-hydrogen) atoms. The third-order valence-corrected chi connectivity index (χ3v) is 5.88. The number of amides is 2. The molecule has 2 aromatic rings. The fourth-order valence-electron chi connectivity index (χ4n) is 3.79. The zero-order valence-corrected chi connectivity index (χ0v) is 18.4. The van der Waals surface area contributed by atoms with Crippen LogP contribution in [0.3, 0.4) is 0 Å². The van der Waals surface area contributed by atoms with Gasteiger partial charge in [0.2, 0.25) is 11.9 Å². The highest BCUT2D eigenvalue weighted by Gasteiger charge is 2.26. The van der Waals surface area contributed by atoms with E-state index in [1.165, 1.54) is 0 Å². The van der Waals surface area contributed by atoms with Crippen LogP contribution in [0.15, 0.2) is 24.4 Å². The van der Waals surface area contributed by atoms with Crippen LogP contribution in [0.5, 0.6) is 0 Å². The second-order valence-electron chi connectivity index (χ2n) is 8.56. The van der Waals surface area contributed by atoms with E-state index in [2.05, 4.69) is 42.8 Å². The van der Waals surface area contributed by atoms with Crippen molar-refractivity contribution in [1.29, 1.82) is 0 Å². The number of carbonyl (C=O) groups excluding carboxylic acids is 2. The molecule has 164 valence electrons. The fourth-order valence-corrected chi connectivity index (χ4v) is 3.79. The maximum atomic E-state index is 12.8. The molecule has 0 unspecified atom stereocenters. The van der Waals surface area contributed by atoms with Crippen molar-refractivity contribution in [1.82, 2.24) is 14.9 Å². The number of piperidine rings is 1. The first-order valence-corrected chi connectivity index (χ1v) is 10.6. The van der Waals surface area contributed by atoms with Crippen molar-refractivity contribution in [2.75, 3.05) is 48.0 Å². The molecular formula is C22H29N7O2. The van der Waals surface area contributed by atoms with E-state index >= 15 is 0 Å². The summed E-state index contributed by atoms with van der Waals surface area (Å²) in [5, 5.41) is 9.00. The number of benzene rings is 1. The predicted octanol–water partition coefficient (Wildman–Crippen LogP) is 2.91. The Kier molecular flexibility index (Phi) is 5.77. The molecule has 2 aliphatic heterocycles. The smallest absolute Gasteiger partial charge is 0.261 e. The molecule has 3 N–H and O–H groups in total. The SMILES string of the molecule is CC(C)C(=O)Nc1ccc2c(c1)NC(=O)c1cnc(N(C)C3CCN(C)CC3)nc1N2. The average molecular weight is 424 g/mol. The van der Waals surface area contributed by atoms with Crippen molar-refractivity contribution in [2.24, 2.45) is 5.92 Å². The van der Waals surface area contributed by atoms with Gasteiger partial charge >= 0.3 is 0 Å². The Morgan fingerprint density at radius 3 is 2.68 bits per heavy atom. The molecule has 1 fully saturated rings. The molecule has 0 spiro atoms. The molecule has 0 saturated carbocycles. The molecule has 2 amide bonds.